The quantitative estimate of drug-likeness (QED) is 0.664. The Morgan fingerprint density at radius 2 is 2.06 bits per heavy atom. The summed E-state index contributed by atoms with van der Waals surface area (Å²) in [5.74, 6) is -3.52. The summed E-state index contributed by atoms with van der Waals surface area (Å²) in [6.07, 6.45) is 2.15. The van der Waals surface area contributed by atoms with Gasteiger partial charge in [-0.05, 0) is 38.8 Å². The molecular weight excluding hydrogens is 424 g/mol. The van der Waals surface area contributed by atoms with Gasteiger partial charge >= 0.3 is 6.55 Å². The third-order valence-electron chi connectivity index (χ3n) is 4.18. The number of alkyl halides is 2. The van der Waals surface area contributed by atoms with Crippen molar-refractivity contribution in [1.82, 2.24) is 9.78 Å². The zero-order chi connectivity index (χ0) is 23.1. The van der Waals surface area contributed by atoms with E-state index in [9.17, 15) is 27.2 Å². The molecule has 1 saturated heterocycles. The maximum atomic E-state index is 12.8. The number of nitrogens with two attached hydrogens (primary N) is 1. The number of benzene rings is 1. The summed E-state index contributed by atoms with van der Waals surface area (Å²) >= 11 is 0. The largest absolute Gasteiger partial charge is 0.481 e. The van der Waals surface area contributed by atoms with Crippen LogP contribution in [0, 0.1) is 18.6 Å². The van der Waals surface area contributed by atoms with Gasteiger partial charge in [0.1, 0.15) is 6.10 Å². The van der Waals surface area contributed by atoms with E-state index in [1.165, 1.54) is 12.1 Å². The molecule has 8 nitrogen and oxygen atoms in total. The molecule has 12 heteroatoms. The Hall–Kier alpha value is -3.15. The molecule has 31 heavy (non-hydrogen) atoms. The van der Waals surface area contributed by atoms with Crippen LogP contribution in [0.3, 0.4) is 0 Å². The van der Waals surface area contributed by atoms with Crippen molar-refractivity contribution < 1.29 is 36.6 Å². The predicted octanol–water partition coefficient (Wildman–Crippen LogP) is 2.92. The molecule has 1 aromatic carbocycles. The lowest BCUT2D eigenvalue weighted by molar-refractivity contribution is -0.126. The molecular formula is C19H22F4N4O4. The van der Waals surface area contributed by atoms with Gasteiger partial charge in [0, 0.05) is 0 Å². The second-order valence-electron chi connectivity index (χ2n) is 6.69. The van der Waals surface area contributed by atoms with Gasteiger partial charge in [-0.3, -0.25) is 9.59 Å². The Labute approximate surface area is 175 Å². The van der Waals surface area contributed by atoms with Crippen LogP contribution in [0.25, 0.3) is 0 Å². The molecule has 3 N–H and O–H groups in total. The third kappa shape index (κ3) is 6.95. The molecule has 0 saturated carbocycles. The normalized spacial score (nSPS) is 17.8. The first-order valence-electron chi connectivity index (χ1n) is 9.23. The average Bonchev–Trinajstić information content (AvgIpc) is 3.29. The molecule has 1 fully saturated rings. The molecule has 0 bridgehead atoms. The van der Waals surface area contributed by atoms with Crippen molar-refractivity contribution >= 4 is 17.5 Å². The Balaban J connectivity index is 0.000000233. The van der Waals surface area contributed by atoms with Gasteiger partial charge in [-0.15, -0.1) is 0 Å². The molecule has 2 heterocycles. The number of aryl methyl sites for hydroxylation is 1. The summed E-state index contributed by atoms with van der Waals surface area (Å²) in [5.41, 5.74) is 5.40. The maximum Gasteiger partial charge on any atom is 0.333 e. The molecule has 0 radical (unpaired) electrons. The summed E-state index contributed by atoms with van der Waals surface area (Å²) < 4.78 is 60.7. The van der Waals surface area contributed by atoms with Crippen LogP contribution in [0.5, 0.6) is 5.75 Å². The minimum Gasteiger partial charge on any atom is -0.481 e. The van der Waals surface area contributed by atoms with Crippen molar-refractivity contribution in [2.45, 2.75) is 45.4 Å². The number of carbonyl (C=O) groups excluding carboxylic acids is 2. The van der Waals surface area contributed by atoms with Crippen LogP contribution in [0.4, 0.5) is 23.2 Å². The molecule has 2 aromatic rings. The fourth-order valence-electron chi connectivity index (χ4n) is 2.66. The second kappa shape index (κ2) is 10.8. The lowest BCUT2D eigenvalue weighted by atomic mass is 10.2. The fraction of sp³-hybridized carbons (Fsp3) is 0.421. The van der Waals surface area contributed by atoms with Gasteiger partial charge in [0.05, 0.1) is 23.7 Å². The van der Waals surface area contributed by atoms with Crippen LogP contribution < -0.4 is 15.8 Å². The van der Waals surface area contributed by atoms with Gasteiger partial charge in [0.25, 0.3) is 11.8 Å². The van der Waals surface area contributed by atoms with Crippen LogP contribution in [0.2, 0.25) is 0 Å². The number of nitrogens with zero attached hydrogens (tertiary/aromatic N) is 2. The molecule has 1 aliphatic heterocycles. The van der Waals surface area contributed by atoms with Gasteiger partial charge in [-0.25, -0.2) is 9.07 Å². The monoisotopic (exact) mass is 446 g/mol. The zero-order valence-corrected chi connectivity index (χ0v) is 16.8. The molecule has 0 spiro atoms. The number of ether oxygens (including phenoxy) is 2. The van der Waals surface area contributed by atoms with Crippen LogP contribution >= 0.6 is 0 Å². The highest BCUT2D eigenvalue weighted by molar-refractivity contribution is 5.94. The summed E-state index contributed by atoms with van der Waals surface area (Å²) in [4.78, 5) is 22.1. The lowest BCUT2D eigenvalue weighted by Crippen LogP contribution is -2.27. The van der Waals surface area contributed by atoms with E-state index in [-0.39, 0.29) is 17.8 Å². The molecule has 2 atom stereocenters. The van der Waals surface area contributed by atoms with E-state index in [2.05, 4.69) is 15.2 Å². The van der Waals surface area contributed by atoms with Crippen molar-refractivity contribution in [2.24, 2.45) is 5.73 Å². The number of carbonyl (C=O) groups is 2. The van der Waals surface area contributed by atoms with E-state index < -0.39 is 36.8 Å². The number of anilines is 1. The van der Waals surface area contributed by atoms with Gasteiger partial charge in [-0.2, -0.15) is 18.3 Å². The molecule has 2 amide bonds. The van der Waals surface area contributed by atoms with Crippen LogP contribution in [0.1, 0.15) is 32.0 Å². The fourth-order valence-corrected chi connectivity index (χ4v) is 2.66. The highest BCUT2D eigenvalue weighted by atomic mass is 19.3. The highest BCUT2D eigenvalue weighted by Gasteiger charge is 2.28. The van der Waals surface area contributed by atoms with Crippen molar-refractivity contribution in [3.63, 3.8) is 0 Å². The van der Waals surface area contributed by atoms with Crippen LogP contribution in [-0.2, 0) is 14.3 Å². The van der Waals surface area contributed by atoms with E-state index in [0.717, 1.165) is 18.7 Å². The minimum atomic E-state index is -2.71. The number of hydrogen-bond donors (Lipinski definition) is 2. The summed E-state index contributed by atoms with van der Waals surface area (Å²) in [5, 5.41) is 6.18. The van der Waals surface area contributed by atoms with Gasteiger partial charge < -0.3 is 20.5 Å². The lowest BCUT2D eigenvalue weighted by Gasteiger charge is -2.10. The number of hydrogen-bond acceptors (Lipinski definition) is 5. The SMILES string of the molecule is Cc1nn(C(F)F)cc1NC(=O)C1CCC(C)O1.NC(=O)COc1cccc(F)c1F. The molecule has 1 aliphatic rings. The van der Waals surface area contributed by atoms with E-state index in [1.54, 1.807) is 6.92 Å². The zero-order valence-electron chi connectivity index (χ0n) is 16.8. The van der Waals surface area contributed by atoms with Gasteiger partial charge in [0.15, 0.2) is 18.2 Å². The topological polar surface area (TPSA) is 108 Å². The van der Waals surface area contributed by atoms with Gasteiger partial charge in [-0.1, -0.05) is 6.07 Å². The number of amides is 2. The minimum absolute atomic E-state index is 0.0608. The number of rotatable bonds is 6. The van der Waals surface area contributed by atoms with E-state index in [1.807, 2.05) is 6.92 Å². The van der Waals surface area contributed by atoms with E-state index in [0.29, 0.717) is 22.5 Å². The smallest absolute Gasteiger partial charge is 0.333 e. The molecule has 1 aromatic heterocycles. The number of halogens is 4. The van der Waals surface area contributed by atoms with Crippen molar-refractivity contribution in [2.75, 3.05) is 11.9 Å². The number of primary amides is 1. The molecule has 0 aliphatic carbocycles. The third-order valence-corrected chi connectivity index (χ3v) is 4.18. The number of aromatic nitrogens is 2. The van der Waals surface area contributed by atoms with E-state index in [4.69, 9.17) is 10.5 Å². The van der Waals surface area contributed by atoms with Crippen molar-refractivity contribution in [1.29, 1.82) is 0 Å². The Morgan fingerprint density at radius 3 is 2.61 bits per heavy atom. The Kier molecular flexibility index (Phi) is 8.37. The maximum absolute atomic E-state index is 12.8. The summed E-state index contributed by atoms with van der Waals surface area (Å²) in [7, 11) is 0. The number of nitrogens with one attached hydrogen (secondary N) is 1. The van der Waals surface area contributed by atoms with E-state index >= 15 is 0 Å². The van der Waals surface area contributed by atoms with Crippen LogP contribution in [0.15, 0.2) is 24.4 Å². The molecule has 2 unspecified atom stereocenters. The first kappa shape index (κ1) is 24.1. The second-order valence-corrected chi connectivity index (χ2v) is 6.69. The van der Waals surface area contributed by atoms with Crippen LogP contribution in [-0.4, -0.2) is 40.4 Å². The Morgan fingerprint density at radius 1 is 1.35 bits per heavy atom. The van der Waals surface area contributed by atoms with Crippen molar-refractivity contribution in [3.8, 4) is 5.75 Å². The molecule has 3 rings (SSSR count). The summed E-state index contributed by atoms with van der Waals surface area (Å²) in [6, 6.07) is 3.43. The molecule has 170 valence electrons. The standard InChI is InChI=1S/C11H15F2N3O2.C8H7F2NO2/c1-6-3-4-9(18-6)10(17)14-8-5-16(11(12)13)15-7(8)2;9-5-2-1-3-6(8(5)10)13-4-7(11)12/h5-6,9,11H,3-4H2,1-2H3,(H,14,17);1-3H,4H2,(H2,11,12). The van der Waals surface area contributed by atoms with Gasteiger partial charge in [0.2, 0.25) is 5.82 Å². The van der Waals surface area contributed by atoms with Crippen molar-refractivity contribution in [3.05, 3.63) is 41.7 Å². The highest BCUT2D eigenvalue weighted by Crippen LogP contribution is 2.22. The first-order valence-corrected chi connectivity index (χ1v) is 9.23. The average molecular weight is 446 g/mol. The summed E-state index contributed by atoms with van der Waals surface area (Å²) in [6.45, 7) is 0.275. The first-order chi connectivity index (χ1) is 14.6. The Bertz CT molecular complexity index is 922. The predicted molar refractivity (Wildman–Crippen MR) is 101 cm³/mol.